The minimum atomic E-state index is -4.41. The number of benzene rings is 2. The van der Waals surface area contributed by atoms with Gasteiger partial charge in [-0.05, 0) is 12.1 Å². The number of halogens is 3. The molecule has 0 aliphatic carbocycles. The van der Waals surface area contributed by atoms with Gasteiger partial charge in [0.2, 0.25) is 10.0 Å². The van der Waals surface area contributed by atoms with Gasteiger partial charge in [0.25, 0.3) is 12.1 Å². The molecule has 1 N–H and O–H groups in total. The van der Waals surface area contributed by atoms with Gasteiger partial charge in [-0.3, -0.25) is 10.1 Å². The zero-order chi connectivity index (χ0) is 25.0. The van der Waals surface area contributed by atoms with Crippen LogP contribution in [0.5, 0.6) is 11.5 Å². The number of non-ortho nitro benzene ring substituents is 1. The number of rotatable bonds is 10. The predicted octanol–water partition coefficient (Wildman–Crippen LogP) is 3.55. The van der Waals surface area contributed by atoms with Crippen molar-refractivity contribution in [3.8, 4) is 17.2 Å². The zero-order valence-corrected chi connectivity index (χ0v) is 18.6. The summed E-state index contributed by atoms with van der Waals surface area (Å²) in [6.07, 6.45) is -4.22. The average Bonchev–Trinajstić information content (AvgIpc) is 3.31. The van der Waals surface area contributed by atoms with Gasteiger partial charge >= 0.3 is 0 Å². The molecule has 0 amide bonds. The third kappa shape index (κ3) is 5.28. The lowest BCUT2D eigenvalue weighted by Crippen LogP contribution is -2.25. The van der Waals surface area contributed by atoms with Crippen molar-refractivity contribution in [1.29, 1.82) is 0 Å². The molecule has 1 unspecified atom stereocenters. The van der Waals surface area contributed by atoms with Crippen LogP contribution in [0.25, 0.3) is 5.69 Å². The summed E-state index contributed by atoms with van der Waals surface area (Å²) in [4.78, 5) is 9.87. The Morgan fingerprint density at radius 3 is 2.50 bits per heavy atom. The molecule has 0 bridgehead atoms. The number of aromatic nitrogens is 2. The first-order valence-electron chi connectivity index (χ1n) is 9.53. The van der Waals surface area contributed by atoms with E-state index in [4.69, 9.17) is 9.47 Å². The molecule has 1 atom stereocenters. The Kier molecular flexibility index (Phi) is 7.41. The fraction of sp³-hybridized carbons (Fsp3) is 0.250. The maximum atomic E-state index is 13.7. The van der Waals surface area contributed by atoms with Gasteiger partial charge in [0.1, 0.15) is 16.4 Å². The summed E-state index contributed by atoms with van der Waals surface area (Å²) in [5, 5.41) is 15.0. The van der Waals surface area contributed by atoms with E-state index in [-0.39, 0.29) is 12.2 Å². The van der Waals surface area contributed by atoms with E-state index in [0.29, 0.717) is 17.1 Å². The summed E-state index contributed by atoms with van der Waals surface area (Å²) < 4.78 is 78.8. The van der Waals surface area contributed by atoms with Crippen LogP contribution in [0.1, 0.15) is 17.3 Å². The number of nitrogens with one attached hydrogen (secondary N) is 1. The fourth-order valence-electron chi connectivity index (χ4n) is 3.03. The van der Waals surface area contributed by atoms with Crippen LogP contribution in [-0.4, -0.2) is 43.8 Å². The molecule has 1 aromatic heterocycles. The first-order chi connectivity index (χ1) is 16.1. The Morgan fingerprint density at radius 2 is 1.88 bits per heavy atom. The number of sulfonamides is 1. The van der Waals surface area contributed by atoms with Crippen LogP contribution in [0.2, 0.25) is 0 Å². The number of methoxy groups -OCH3 is 2. The average molecular weight is 500 g/mol. The van der Waals surface area contributed by atoms with Crippen molar-refractivity contribution in [2.45, 2.75) is 24.0 Å². The molecule has 0 spiro atoms. The van der Waals surface area contributed by atoms with Crippen LogP contribution in [-0.2, 0) is 16.6 Å². The highest BCUT2D eigenvalue weighted by molar-refractivity contribution is 7.89. The Hall–Kier alpha value is -3.65. The molecule has 14 heteroatoms. The SMILES string of the molecule is COc1ccc(CNS(=O)(=O)c2cc([N+](=O)[O-])ccc2-n2cc(C(F)C(F)F)cn2)c(OC)c1. The molecule has 3 aromatic rings. The highest BCUT2D eigenvalue weighted by Gasteiger charge is 2.27. The molecule has 0 radical (unpaired) electrons. The molecular formula is C20H19F3N4O6S. The molecule has 2 aromatic carbocycles. The maximum Gasteiger partial charge on any atom is 0.273 e. The number of hydrogen-bond donors (Lipinski definition) is 1. The van der Waals surface area contributed by atoms with Gasteiger partial charge in [-0.1, -0.05) is 6.07 Å². The van der Waals surface area contributed by atoms with E-state index in [1.54, 1.807) is 18.2 Å². The van der Waals surface area contributed by atoms with E-state index in [9.17, 15) is 31.7 Å². The highest BCUT2D eigenvalue weighted by Crippen LogP contribution is 2.29. The zero-order valence-electron chi connectivity index (χ0n) is 17.8. The van der Waals surface area contributed by atoms with Gasteiger partial charge in [-0.15, -0.1) is 0 Å². The van der Waals surface area contributed by atoms with Crippen LogP contribution in [0.4, 0.5) is 18.9 Å². The second-order valence-corrected chi connectivity index (χ2v) is 8.60. The molecule has 1 heterocycles. The lowest BCUT2D eigenvalue weighted by atomic mass is 10.2. The summed E-state index contributed by atoms with van der Waals surface area (Å²) in [5.41, 5.74) is -0.771. The van der Waals surface area contributed by atoms with Gasteiger partial charge < -0.3 is 9.47 Å². The first kappa shape index (κ1) is 25.0. The standard InChI is InChI=1S/C20H19F3N4O6S/c1-32-15-5-3-12(17(8-15)33-2)10-25-34(30,31)18-7-14(27(28)29)4-6-16(18)26-11-13(9-24-26)19(21)20(22)23/h3-9,11,19-20,25H,10H2,1-2H3. The van der Waals surface area contributed by atoms with E-state index >= 15 is 0 Å². The Bertz CT molecular complexity index is 1300. The van der Waals surface area contributed by atoms with Gasteiger partial charge in [0, 0.05) is 42.1 Å². The molecule has 3 rings (SSSR count). The number of ether oxygens (including phenoxy) is 2. The summed E-state index contributed by atoms with van der Waals surface area (Å²) in [6.45, 7) is -0.250. The Balaban J connectivity index is 2.00. The molecule has 0 aliphatic rings. The molecule has 0 aliphatic heterocycles. The Labute approximate surface area is 192 Å². The first-order valence-corrected chi connectivity index (χ1v) is 11.0. The predicted molar refractivity (Wildman–Crippen MR) is 114 cm³/mol. The van der Waals surface area contributed by atoms with Crippen molar-refractivity contribution < 1.29 is 36.0 Å². The topological polar surface area (TPSA) is 126 Å². The van der Waals surface area contributed by atoms with E-state index in [1.807, 2.05) is 0 Å². The molecule has 0 fully saturated rings. The number of nitro groups is 1. The van der Waals surface area contributed by atoms with Crippen LogP contribution in [0.3, 0.4) is 0 Å². The minimum absolute atomic E-state index is 0.201. The van der Waals surface area contributed by atoms with Crippen molar-refractivity contribution in [2.24, 2.45) is 0 Å². The van der Waals surface area contributed by atoms with Gasteiger partial charge in [0.15, 0.2) is 6.17 Å². The second kappa shape index (κ2) is 10.1. The van der Waals surface area contributed by atoms with Crippen LogP contribution >= 0.6 is 0 Å². The van der Waals surface area contributed by atoms with Gasteiger partial charge in [-0.25, -0.2) is 31.0 Å². The summed E-state index contributed by atoms with van der Waals surface area (Å²) >= 11 is 0. The fourth-order valence-corrected chi connectivity index (χ4v) is 4.24. The molecule has 0 saturated heterocycles. The van der Waals surface area contributed by atoms with Crippen LogP contribution in [0, 0.1) is 10.1 Å². The summed E-state index contributed by atoms with van der Waals surface area (Å²) in [5.74, 6) is 0.813. The third-order valence-electron chi connectivity index (χ3n) is 4.78. The van der Waals surface area contributed by atoms with Crippen molar-refractivity contribution in [1.82, 2.24) is 14.5 Å². The monoisotopic (exact) mass is 500 g/mol. The third-order valence-corrected chi connectivity index (χ3v) is 6.21. The van der Waals surface area contributed by atoms with Gasteiger partial charge in [-0.2, -0.15) is 5.10 Å². The molecule has 10 nitrogen and oxygen atoms in total. The normalized spacial score (nSPS) is 12.5. The largest absolute Gasteiger partial charge is 0.497 e. The van der Waals surface area contributed by atoms with E-state index < -0.39 is 43.7 Å². The van der Waals surface area contributed by atoms with Crippen molar-refractivity contribution in [3.05, 3.63) is 70.0 Å². The molecule has 182 valence electrons. The minimum Gasteiger partial charge on any atom is -0.497 e. The lowest BCUT2D eigenvalue weighted by Gasteiger charge is -2.14. The maximum absolute atomic E-state index is 13.7. The van der Waals surface area contributed by atoms with E-state index in [1.165, 1.54) is 14.2 Å². The molecule has 34 heavy (non-hydrogen) atoms. The van der Waals surface area contributed by atoms with Crippen molar-refractivity contribution in [2.75, 3.05) is 14.2 Å². The van der Waals surface area contributed by atoms with Crippen LogP contribution in [0.15, 0.2) is 53.7 Å². The number of alkyl halides is 3. The van der Waals surface area contributed by atoms with Crippen molar-refractivity contribution in [3.63, 3.8) is 0 Å². The smallest absolute Gasteiger partial charge is 0.273 e. The quantitative estimate of drug-likeness (QED) is 0.333. The van der Waals surface area contributed by atoms with Gasteiger partial charge in [0.05, 0.1) is 31.0 Å². The Morgan fingerprint density at radius 1 is 1.15 bits per heavy atom. The summed E-state index contributed by atoms with van der Waals surface area (Å²) in [7, 11) is -1.57. The number of nitrogens with zero attached hydrogens (tertiary/aromatic N) is 3. The van der Waals surface area contributed by atoms with Crippen LogP contribution < -0.4 is 14.2 Å². The lowest BCUT2D eigenvalue weighted by molar-refractivity contribution is -0.385. The second-order valence-electron chi connectivity index (χ2n) is 6.87. The molecular weight excluding hydrogens is 481 g/mol. The highest BCUT2D eigenvalue weighted by atomic mass is 32.2. The van der Waals surface area contributed by atoms with Crippen molar-refractivity contribution >= 4 is 15.7 Å². The number of nitro benzene ring substituents is 1. The summed E-state index contributed by atoms with van der Waals surface area (Å²) in [6, 6.07) is 7.59. The van der Waals surface area contributed by atoms with E-state index in [0.717, 1.165) is 35.3 Å². The van der Waals surface area contributed by atoms with E-state index in [2.05, 4.69) is 9.82 Å². The number of hydrogen-bond acceptors (Lipinski definition) is 7. The molecule has 0 saturated carbocycles.